The van der Waals surface area contributed by atoms with E-state index in [9.17, 15) is 0 Å². The van der Waals surface area contributed by atoms with Gasteiger partial charge < -0.3 is 10.2 Å². The molecule has 0 aromatic heterocycles. The molecule has 0 spiro atoms. The summed E-state index contributed by atoms with van der Waals surface area (Å²) in [5, 5.41) is 3.53. The normalized spacial score (nSPS) is 19.7. The van der Waals surface area contributed by atoms with Crippen molar-refractivity contribution < 1.29 is 0 Å². The van der Waals surface area contributed by atoms with Crippen LogP contribution in [0.5, 0.6) is 0 Å². The van der Waals surface area contributed by atoms with Gasteiger partial charge in [-0.1, -0.05) is 26.0 Å². The molecule has 15 heavy (non-hydrogen) atoms. The molecule has 2 nitrogen and oxygen atoms in total. The van der Waals surface area contributed by atoms with Gasteiger partial charge in [0.2, 0.25) is 0 Å². The van der Waals surface area contributed by atoms with E-state index in [0.29, 0.717) is 6.04 Å². The summed E-state index contributed by atoms with van der Waals surface area (Å²) in [6, 6.07) is 7.18. The number of aryl methyl sites for hydroxylation is 1. The van der Waals surface area contributed by atoms with Crippen molar-refractivity contribution in [1.82, 2.24) is 0 Å². The van der Waals surface area contributed by atoms with Crippen molar-refractivity contribution in [2.75, 3.05) is 23.8 Å². The Morgan fingerprint density at radius 1 is 1.40 bits per heavy atom. The fraction of sp³-hybridized carbons (Fsp3) is 0.538. The molecular formula is C13H20N2. The number of para-hydroxylation sites is 1. The van der Waals surface area contributed by atoms with Crippen LogP contribution in [0.25, 0.3) is 0 Å². The molecular weight excluding hydrogens is 184 g/mol. The Labute approximate surface area is 92.3 Å². The number of nitrogens with one attached hydrogen (secondary N) is 1. The molecule has 0 aliphatic carbocycles. The van der Waals surface area contributed by atoms with Crippen LogP contribution in [-0.2, 0) is 6.42 Å². The number of benzene rings is 1. The molecule has 2 heteroatoms. The Morgan fingerprint density at radius 3 is 2.87 bits per heavy atom. The Hall–Kier alpha value is -1.18. The van der Waals surface area contributed by atoms with Gasteiger partial charge in [-0.3, -0.25) is 0 Å². The van der Waals surface area contributed by atoms with E-state index in [1.54, 1.807) is 0 Å². The van der Waals surface area contributed by atoms with Gasteiger partial charge in [0.1, 0.15) is 0 Å². The van der Waals surface area contributed by atoms with Gasteiger partial charge in [-0.05, 0) is 24.5 Å². The van der Waals surface area contributed by atoms with E-state index in [1.807, 2.05) is 0 Å². The number of hydrogen-bond donors (Lipinski definition) is 1. The maximum atomic E-state index is 3.53. The van der Waals surface area contributed by atoms with E-state index in [4.69, 9.17) is 0 Å². The first-order valence-corrected chi connectivity index (χ1v) is 5.86. The van der Waals surface area contributed by atoms with Crippen LogP contribution in [0.4, 0.5) is 11.4 Å². The van der Waals surface area contributed by atoms with Gasteiger partial charge in [0.15, 0.2) is 0 Å². The molecule has 0 amide bonds. The molecule has 1 atom stereocenters. The predicted molar refractivity (Wildman–Crippen MR) is 66.8 cm³/mol. The van der Waals surface area contributed by atoms with Crippen LogP contribution in [0, 0.1) is 0 Å². The second kappa shape index (κ2) is 4.13. The standard InChI is InChI=1S/C13H20N2/c1-4-10-7-6-8-12-13(10)15(3)11(5-2)9-14-12/h6-8,11,14H,4-5,9H2,1-3H3. The highest BCUT2D eigenvalue weighted by Gasteiger charge is 2.23. The van der Waals surface area contributed by atoms with Crippen LogP contribution >= 0.6 is 0 Å². The average molecular weight is 204 g/mol. The predicted octanol–water partition coefficient (Wildman–Crippen LogP) is 2.89. The van der Waals surface area contributed by atoms with E-state index in [1.165, 1.54) is 23.4 Å². The highest BCUT2D eigenvalue weighted by Crippen LogP contribution is 2.34. The van der Waals surface area contributed by atoms with Crippen LogP contribution < -0.4 is 10.2 Å². The first kappa shape index (κ1) is 10.3. The maximum absolute atomic E-state index is 3.53. The van der Waals surface area contributed by atoms with Crippen LogP contribution in [0.2, 0.25) is 0 Å². The summed E-state index contributed by atoms with van der Waals surface area (Å²) >= 11 is 0. The van der Waals surface area contributed by atoms with Crippen molar-refractivity contribution in [3.8, 4) is 0 Å². The molecule has 0 radical (unpaired) electrons. The largest absolute Gasteiger partial charge is 0.381 e. The topological polar surface area (TPSA) is 15.3 Å². The van der Waals surface area contributed by atoms with Crippen molar-refractivity contribution in [2.45, 2.75) is 32.7 Å². The van der Waals surface area contributed by atoms with Crippen LogP contribution in [0.15, 0.2) is 18.2 Å². The molecule has 1 N–H and O–H groups in total. The molecule has 0 bridgehead atoms. The summed E-state index contributed by atoms with van der Waals surface area (Å²) in [7, 11) is 2.22. The van der Waals surface area contributed by atoms with Gasteiger partial charge in [0, 0.05) is 19.6 Å². The summed E-state index contributed by atoms with van der Waals surface area (Å²) < 4.78 is 0. The van der Waals surface area contributed by atoms with E-state index < -0.39 is 0 Å². The van der Waals surface area contributed by atoms with Gasteiger partial charge in [0.05, 0.1) is 11.4 Å². The Balaban J connectivity index is 2.43. The Bertz CT molecular complexity index is 332. The number of hydrogen-bond acceptors (Lipinski definition) is 2. The third-order valence-corrected chi connectivity index (χ3v) is 3.40. The van der Waals surface area contributed by atoms with E-state index in [-0.39, 0.29) is 0 Å². The quantitative estimate of drug-likeness (QED) is 0.797. The third-order valence-electron chi connectivity index (χ3n) is 3.40. The maximum Gasteiger partial charge on any atom is 0.0634 e. The minimum Gasteiger partial charge on any atom is -0.381 e. The highest BCUT2D eigenvalue weighted by molar-refractivity contribution is 5.76. The molecule has 1 aromatic carbocycles. The summed E-state index contributed by atoms with van der Waals surface area (Å²) in [4.78, 5) is 2.44. The van der Waals surface area contributed by atoms with Crippen LogP contribution in [-0.4, -0.2) is 19.6 Å². The zero-order valence-electron chi connectivity index (χ0n) is 9.88. The summed E-state index contributed by atoms with van der Waals surface area (Å²) in [6.07, 6.45) is 2.30. The first-order valence-electron chi connectivity index (χ1n) is 5.86. The first-order chi connectivity index (χ1) is 7.27. The molecule has 1 aromatic rings. The van der Waals surface area contributed by atoms with E-state index in [2.05, 4.69) is 49.3 Å². The zero-order valence-corrected chi connectivity index (χ0v) is 9.88. The molecule has 2 rings (SSSR count). The van der Waals surface area contributed by atoms with Gasteiger partial charge in [-0.15, -0.1) is 0 Å². The molecule has 82 valence electrons. The van der Waals surface area contributed by atoms with Crippen molar-refractivity contribution in [3.63, 3.8) is 0 Å². The lowest BCUT2D eigenvalue weighted by atomic mass is 10.0. The number of anilines is 2. The summed E-state index contributed by atoms with van der Waals surface area (Å²) in [6.45, 7) is 5.54. The van der Waals surface area contributed by atoms with Gasteiger partial charge >= 0.3 is 0 Å². The van der Waals surface area contributed by atoms with Crippen molar-refractivity contribution in [3.05, 3.63) is 23.8 Å². The molecule has 1 aliphatic heterocycles. The van der Waals surface area contributed by atoms with Gasteiger partial charge in [-0.25, -0.2) is 0 Å². The fourth-order valence-corrected chi connectivity index (χ4v) is 2.40. The fourth-order valence-electron chi connectivity index (χ4n) is 2.40. The smallest absolute Gasteiger partial charge is 0.0634 e. The second-order valence-electron chi connectivity index (χ2n) is 4.22. The molecule has 0 fully saturated rings. The summed E-state index contributed by atoms with van der Waals surface area (Å²) in [5.41, 5.74) is 4.14. The van der Waals surface area contributed by atoms with Crippen LogP contribution in [0.3, 0.4) is 0 Å². The van der Waals surface area contributed by atoms with Gasteiger partial charge in [0.25, 0.3) is 0 Å². The monoisotopic (exact) mass is 204 g/mol. The Morgan fingerprint density at radius 2 is 2.20 bits per heavy atom. The lowest BCUT2D eigenvalue weighted by molar-refractivity contribution is 0.620. The second-order valence-corrected chi connectivity index (χ2v) is 4.22. The number of nitrogens with zero attached hydrogens (tertiary/aromatic N) is 1. The molecule has 0 saturated heterocycles. The van der Waals surface area contributed by atoms with Crippen LogP contribution in [0.1, 0.15) is 25.8 Å². The number of rotatable bonds is 2. The van der Waals surface area contributed by atoms with Crippen molar-refractivity contribution >= 4 is 11.4 Å². The minimum atomic E-state index is 0.630. The molecule has 1 aliphatic rings. The highest BCUT2D eigenvalue weighted by atomic mass is 15.2. The molecule has 1 unspecified atom stereocenters. The molecule has 1 heterocycles. The summed E-state index contributed by atoms with van der Waals surface area (Å²) in [5.74, 6) is 0. The van der Waals surface area contributed by atoms with E-state index >= 15 is 0 Å². The zero-order chi connectivity index (χ0) is 10.8. The third kappa shape index (κ3) is 1.69. The molecule has 0 saturated carbocycles. The lowest BCUT2D eigenvalue weighted by Crippen LogP contribution is -2.41. The average Bonchev–Trinajstić information content (AvgIpc) is 2.29. The van der Waals surface area contributed by atoms with E-state index in [0.717, 1.165) is 13.0 Å². The van der Waals surface area contributed by atoms with Gasteiger partial charge in [-0.2, -0.15) is 0 Å². The number of fused-ring (bicyclic) bond motifs is 1. The Kier molecular flexibility index (Phi) is 2.85. The number of likely N-dealkylation sites (N-methyl/N-ethyl adjacent to an activating group) is 1. The lowest BCUT2D eigenvalue weighted by Gasteiger charge is -2.37. The minimum absolute atomic E-state index is 0.630. The van der Waals surface area contributed by atoms with Crippen molar-refractivity contribution in [1.29, 1.82) is 0 Å². The van der Waals surface area contributed by atoms with Crippen molar-refractivity contribution in [2.24, 2.45) is 0 Å². The SMILES string of the molecule is CCc1cccc2c1N(C)C(CC)CN2.